The highest BCUT2D eigenvalue weighted by Crippen LogP contribution is 2.40. The fourth-order valence-electron chi connectivity index (χ4n) is 3.20. The van der Waals surface area contributed by atoms with Crippen LogP contribution in [0.5, 0.6) is 0 Å². The largest absolute Gasteiger partial charge is 0.331 e. The van der Waals surface area contributed by atoms with E-state index in [1.54, 1.807) is 23.1 Å². The molecule has 0 radical (unpaired) electrons. The molecular weight excluding hydrogens is 344 g/mol. The lowest BCUT2D eigenvalue weighted by Gasteiger charge is -2.21. The van der Waals surface area contributed by atoms with Gasteiger partial charge in [-0.1, -0.05) is 19.1 Å². The number of hydrogen-bond acceptors (Lipinski definition) is 4. The first-order valence-corrected chi connectivity index (χ1v) is 9.20. The molecule has 7 nitrogen and oxygen atoms in total. The summed E-state index contributed by atoms with van der Waals surface area (Å²) in [5.41, 5.74) is 0.241. The van der Waals surface area contributed by atoms with Crippen LogP contribution in [-0.4, -0.2) is 38.4 Å². The van der Waals surface area contributed by atoms with Crippen molar-refractivity contribution >= 4 is 16.9 Å². The van der Waals surface area contributed by atoms with Gasteiger partial charge in [0, 0.05) is 31.2 Å². The molecule has 2 aromatic heterocycles. The van der Waals surface area contributed by atoms with E-state index in [9.17, 15) is 14.4 Å². The Morgan fingerprint density at radius 2 is 2.00 bits per heavy atom. The smallest absolute Gasteiger partial charge is 0.329 e. The first kappa shape index (κ1) is 18.8. The number of nitrogens with zero attached hydrogens (tertiary/aromatic N) is 3. The third kappa shape index (κ3) is 3.63. The molecule has 7 heteroatoms. The van der Waals surface area contributed by atoms with E-state index >= 15 is 0 Å². The molecule has 2 aromatic rings. The number of fused-ring (bicyclic) bond motifs is 1. The molecule has 0 atom stereocenters. The Labute approximate surface area is 157 Å². The fourth-order valence-corrected chi connectivity index (χ4v) is 3.20. The maximum atomic E-state index is 13.2. The van der Waals surface area contributed by atoms with E-state index in [1.807, 2.05) is 6.92 Å². The SMILES string of the molecule is C=CCN(CC=C)C(=O)c1cc(C2CC2)nc2c1c(=O)[nH]c(=O)n2CCC. The van der Waals surface area contributed by atoms with Gasteiger partial charge < -0.3 is 4.90 Å². The molecule has 1 amide bonds. The Balaban J connectivity index is 2.30. The number of carbonyl (C=O) groups is 1. The molecule has 0 unspecified atom stereocenters. The second-order valence-corrected chi connectivity index (χ2v) is 6.77. The molecule has 1 N–H and O–H groups in total. The average molecular weight is 368 g/mol. The van der Waals surface area contributed by atoms with Gasteiger partial charge in [0.1, 0.15) is 0 Å². The standard InChI is InChI=1S/C20H24N4O3/c1-4-9-23(10-5-2)19(26)14-12-15(13-7-8-13)21-17-16(14)18(25)22-20(27)24(17)11-6-3/h4-5,12-13H,1-2,6-11H2,3H3,(H,22,25,27). The third-order valence-corrected chi connectivity index (χ3v) is 4.63. The minimum atomic E-state index is -0.585. The number of hydrogen-bond donors (Lipinski definition) is 1. The first-order valence-electron chi connectivity index (χ1n) is 9.20. The van der Waals surface area contributed by atoms with Crippen molar-refractivity contribution in [2.24, 2.45) is 0 Å². The molecule has 3 rings (SSSR count). The van der Waals surface area contributed by atoms with E-state index in [1.165, 1.54) is 4.57 Å². The van der Waals surface area contributed by atoms with Crippen LogP contribution in [0.4, 0.5) is 0 Å². The van der Waals surface area contributed by atoms with Crippen LogP contribution in [0.3, 0.4) is 0 Å². The summed E-state index contributed by atoms with van der Waals surface area (Å²) in [5, 5.41) is 0.163. The topological polar surface area (TPSA) is 88.1 Å². The van der Waals surface area contributed by atoms with Gasteiger partial charge in [-0.2, -0.15) is 0 Å². The molecule has 0 aliphatic heterocycles. The van der Waals surface area contributed by atoms with Gasteiger partial charge in [0.25, 0.3) is 11.5 Å². The number of nitrogens with one attached hydrogen (secondary N) is 1. The Kier molecular flexibility index (Phi) is 5.39. The van der Waals surface area contributed by atoms with E-state index in [-0.39, 0.29) is 28.4 Å². The highest BCUT2D eigenvalue weighted by atomic mass is 16.2. The summed E-state index contributed by atoms with van der Waals surface area (Å²) >= 11 is 0. The lowest BCUT2D eigenvalue weighted by Crippen LogP contribution is -2.35. The van der Waals surface area contributed by atoms with Crippen molar-refractivity contribution in [1.82, 2.24) is 19.4 Å². The number of aromatic nitrogens is 3. The summed E-state index contributed by atoms with van der Waals surface area (Å²) in [5.74, 6) is -0.0195. The van der Waals surface area contributed by atoms with E-state index in [4.69, 9.17) is 0 Å². The number of aromatic amines is 1. The van der Waals surface area contributed by atoms with Gasteiger partial charge >= 0.3 is 5.69 Å². The van der Waals surface area contributed by atoms with Gasteiger partial charge in [0.15, 0.2) is 5.65 Å². The van der Waals surface area contributed by atoms with Gasteiger partial charge in [-0.15, -0.1) is 13.2 Å². The van der Waals surface area contributed by atoms with E-state index in [2.05, 4.69) is 23.1 Å². The van der Waals surface area contributed by atoms with E-state index in [0.717, 1.165) is 18.5 Å². The molecule has 142 valence electrons. The molecule has 0 aromatic carbocycles. The van der Waals surface area contributed by atoms with Gasteiger partial charge in [0.2, 0.25) is 0 Å². The molecular formula is C20H24N4O3. The molecule has 2 heterocycles. The monoisotopic (exact) mass is 368 g/mol. The van der Waals surface area contributed by atoms with Crippen molar-refractivity contribution in [2.45, 2.75) is 38.6 Å². The zero-order valence-electron chi connectivity index (χ0n) is 15.5. The predicted molar refractivity (Wildman–Crippen MR) is 105 cm³/mol. The number of carbonyl (C=O) groups excluding carboxylic acids is 1. The van der Waals surface area contributed by atoms with Gasteiger partial charge in [-0.25, -0.2) is 9.78 Å². The number of H-pyrrole nitrogens is 1. The third-order valence-electron chi connectivity index (χ3n) is 4.63. The quantitative estimate of drug-likeness (QED) is 0.724. The summed E-state index contributed by atoms with van der Waals surface area (Å²) in [7, 11) is 0. The zero-order valence-corrected chi connectivity index (χ0v) is 15.5. The minimum absolute atomic E-state index is 0.163. The van der Waals surface area contributed by atoms with Gasteiger partial charge in [-0.3, -0.25) is 19.1 Å². The summed E-state index contributed by atoms with van der Waals surface area (Å²) in [6, 6.07) is 1.71. The first-order chi connectivity index (χ1) is 13.0. The van der Waals surface area contributed by atoms with Gasteiger partial charge in [0.05, 0.1) is 10.9 Å². The Hall–Kier alpha value is -2.96. The molecule has 1 fully saturated rings. The molecule has 27 heavy (non-hydrogen) atoms. The number of pyridine rings is 1. The molecule has 1 saturated carbocycles. The Morgan fingerprint density at radius 3 is 2.56 bits per heavy atom. The molecule has 0 bridgehead atoms. The zero-order chi connectivity index (χ0) is 19.6. The normalized spacial score (nSPS) is 13.5. The molecule has 1 aliphatic carbocycles. The van der Waals surface area contributed by atoms with Crippen LogP contribution in [-0.2, 0) is 6.54 Å². The van der Waals surface area contributed by atoms with E-state index < -0.39 is 11.2 Å². The highest BCUT2D eigenvalue weighted by molar-refractivity contribution is 6.05. The lowest BCUT2D eigenvalue weighted by molar-refractivity contribution is 0.0792. The van der Waals surface area contributed by atoms with Crippen LogP contribution in [0.2, 0.25) is 0 Å². The van der Waals surface area contributed by atoms with Crippen LogP contribution >= 0.6 is 0 Å². The Bertz CT molecular complexity index is 1000. The van der Waals surface area contributed by atoms with Gasteiger partial charge in [-0.05, 0) is 25.3 Å². The van der Waals surface area contributed by atoms with Crippen LogP contribution in [0.1, 0.15) is 48.2 Å². The second-order valence-electron chi connectivity index (χ2n) is 6.77. The summed E-state index contributed by atoms with van der Waals surface area (Å²) < 4.78 is 1.45. The molecule has 1 aliphatic rings. The van der Waals surface area contributed by atoms with Crippen molar-refractivity contribution in [2.75, 3.05) is 13.1 Å². The number of rotatable bonds is 8. The number of amides is 1. The number of aryl methyl sites for hydroxylation is 1. The van der Waals surface area contributed by atoms with Crippen LogP contribution in [0, 0.1) is 0 Å². The predicted octanol–water partition coefficient (Wildman–Crippen LogP) is 2.19. The average Bonchev–Trinajstić information content (AvgIpc) is 3.48. The molecule has 0 spiro atoms. The summed E-state index contributed by atoms with van der Waals surface area (Å²) in [6.07, 6.45) is 5.96. The van der Waals surface area contributed by atoms with Crippen LogP contribution in [0.25, 0.3) is 11.0 Å². The maximum absolute atomic E-state index is 13.2. The highest BCUT2D eigenvalue weighted by Gasteiger charge is 2.29. The van der Waals surface area contributed by atoms with Crippen molar-refractivity contribution in [3.63, 3.8) is 0 Å². The summed E-state index contributed by atoms with van der Waals surface area (Å²) in [6.45, 7) is 10.4. The molecule has 0 saturated heterocycles. The summed E-state index contributed by atoms with van der Waals surface area (Å²) in [4.78, 5) is 46.6. The fraction of sp³-hybridized carbons (Fsp3) is 0.400. The van der Waals surface area contributed by atoms with Crippen molar-refractivity contribution in [3.8, 4) is 0 Å². The van der Waals surface area contributed by atoms with Crippen molar-refractivity contribution in [3.05, 3.63) is 63.5 Å². The minimum Gasteiger partial charge on any atom is -0.331 e. The van der Waals surface area contributed by atoms with Crippen LogP contribution < -0.4 is 11.2 Å². The second kappa shape index (κ2) is 7.73. The van der Waals surface area contributed by atoms with Crippen molar-refractivity contribution in [1.29, 1.82) is 0 Å². The lowest BCUT2D eigenvalue weighted by atomic mass is 10.1. The van der Waals surface area contributed by atoms with Crippen molar-refractivity contribution < 1.29 is 4.79 Å². The Morgan fingerprint density at radius 1 is 1.33 bits per heavy atom. The maximum Gasteiger partial charge on any atom is 0.329 e. The van der Waals surface area contributed by atoms with Crippen LogP contribution in [0.15, 0.2) is 41.0 Å². The van der Waals surface area contributed by atoms with E-state index in [0.29, 0.717) is 26.1 Å².